The molecular weight excluding hydrogens is 340 g/mol. The number of carbonyl (C=O) groups is 2. The van der Waals surface area contributed by atoms with Crippen LogP contribution in [0.25, 0.3) is 0 Å². The predicted octanol–water partition coefficient (Wildman–Crippen LogP) is 4.34. The zero-order chi connectivity index (χ0) is 19.6. The zero-order valence-electron chi connectivity index (χ0n) is 17.2. The quantitative estimate of drug-likeness (QED) is 0.409. The van der Waals surface area contributed by atoms with Gasteiger partial charge in [0, 0.05) is 12.0 Å². The van der Waals surface area contributed by atoms with Gasteiger partial charge < -0.3 is 14.6 Å². The molecule has 4 aliphatic rings. The number of ether oxygens (including phenoxy) is 1. The maximum Gasteiger partial charge on any atom is 0.315 e. The highest BCUT2D eigenvalue weighted by atomic mass is 16.5. The number of rotatable bonds is 7. The van der Waals surface area contributed by atoms with Gasteiger partial charge in [-0.05, 0) is 55.3 Å². The molecule has 0 aliphatic heterocycles. The molecule has 4 heteroatoms. The summed E-state index contributed by atoms with van der Waals surface area (Å²) in [7, 11) is 0. The maximum atomic E-state index is 13.1. The van der Waals surface area contributed by atoms with Crippen LogP contribution in [0.3, 0.4) is 0 Å². The van der Waals surface area contributed by atoms with Crippen molar-refractivity contribution >= 4 is 12.3 Å². The largest absolute Gasteiger partial charge is 0.481 e. The number of carboxylic acids is 1. The van der Waals surface area contributed by atoms with Gasteiger partial charge in [-0.2, -0.15) is 0 Å². The SMILES string of the molecule is CCCOC[C@@]12C[C@@H]3[C@H](C)CC[C@H]3[C@]3(C=O)C[C@@H]1C=C(C(C)C)[C@@]23C(=O)O. The molecule has 0 unspecified atom stereocenters. The Labute approximate surface area is 162 Å². The highest BCUT2D eigenvalue weighted by molar-refractivity contribution is 5.90. The first-order chi connectivity index (χ1) is 12.8. The molecule has 3 saturated carbocycles. The van der Waals surface area contributed by atoms with E-state index in [1.165, 1.54) is 0 Å². The Morgan fingerprint density at radius 2 is 2.11 bits per heavy atom. The van der Waals surface area contributed by atoms with E-state index in [0.717, 1.165) is 37.5 Å². The minimum atomic E-state index is -1.08. The second-order valence-corrected chi connectivity index (χ2v) is 10.0. The van der Waals surface area contributed by atoms with Gasteiger partial charge in [0.05, 0.1) is 12.0 Å². The van der Waals surface area contributed by atoms with Crippen molar-refractivity contribution in [3.8, 4) is 0 Å². The molecule has 4 aliphatic carbocycles. The van der Waals surface area contributed by atoms with Crippen LogP contribution in [0.1, 0.15) is 59.8 Å². The zero-order valence-corrected chi connectivity index (χ0v) is 17.2. The van der Waals surface area contributed by atoms with Crippen LogP contribution in [-0.2, 0) is 14.3 Å². The molecule has 7 atom stereocenters. The van der Waals surface area contributed by atoms with Gasteiger partial charge in [0.15, 0.2) is 0 Å². The third kappa shape index (κ3) is 1.98. The van der Waals surface area contributed by atoms with Crippen molar-refractivity contribution < 1.29 is 19.4 Å². The predicted molar refractivity (Wildman–Crippen MR) is 103 cm³/mol. The van der Waals surface area contributed by atoms with E-state index < -0.39 is 22.2 Å². The Hall–Kier alpha value is -1.16. The van der Waals surface area contributed by atoms with Crippen LogP contribution in [0.2, 0.25) is 0 Å². The molecule has 150 valence electrons. The van der Waals surface area contributed by atoms with Gasteiger partial charge >= 0.3 is 5.97 Å². The lowest BCUT2D eigenvalue weighted by molar-refractivity contribution is -0.186. The molecule has 0 aromatic heterocycles. The third-order valence-corrected chi connectivity index (χ3v) is 8.83. The highest BCUT2D eigenvalue weighted by Crippen LogP contribution is 2.82. The molecule has 0 heterocycles. The van der Waals surface area contributed by atoms with E-state index in [0.29, 0.717) is 31.5 Å². The summed E-state index contributed by atoms with van der Waals surface area (Å²) in [6.07, 6.45) is 7.93. The lowest BCUT2D eigenvalue weighted by atomic mass is 9.43. The molecule has 3 fully saturated rings. The summed E-state index contributed by atoms with van der Waals surface area (Å²) < 4.78 is 6.09. The number of aldehydes is 1. The number of hydrogen-bond acceptors (Lipinski definition) is 3. The van der Waals surface area contributed by atoms with Gasteiger partial charge in [-0.15, -0.1) is 0 Å². The summed E-state index contributed by atoms with van der Waals surface area (Å²) in [4.78, 5) is 25.9. The number of carbonyl (C=O) groups excluding carboxylic acids is 1. The maximum absolute atomic E-state index is 13.1. The number of fused-ring (bicyclic) bond motifs is 2. The topological polar surface area (TPSA) is 63.6 Å². The summed E-state index contributed by atoms with van der Waals surface area (Å²) in [6, 6.07) is 0. The fourth-order valence-corrected chi connectivity index (χ4v) is 8.03. The summed E-state index contributed by atoms with van der Waals surface area (Å²) in [5.41, 5.74) is -1.31. The fourth-order valence-electron chi connectivity index (χ4n) is 8.03. The molecule has 0 aromatic carbocycles. The van der Waals surface area contributed by atoms with E-state index in [-0.39, 0.29) is 17.8 Å². The smallest absolute Gasteiger partial charge is 0.315 e. The molecule has 4 nitrogen and oxygen atoms in total. The lowest BCUT2D eigenvalue weighted by Crippen LogP contribution is -2.63. The van der Waals surface area contributed by atoms with Gasteiger partial charge in [-0.25, -0.2) is 0 Å². The minimum Gasteiger partial charge on any atom is -0.481 e. The van der Waals surface area contributed by atoms with Crippen LogP contribution in [0.5, 0.6) is 0 Å². The number of aliphatic carboxylic acids is 1. The first-order valence-electron chi connectivity index (χ1n) is 10.8. The molecule has 0 aromatic rings. The van der Waals surface area contributed by atoms with Crippen LogP contribution in [0, 0.1) is 45.8 Å². The Morgan fingerprint density at radius 3 is 2.70 bits per heavy atom. The van der Waals surface area contributed by atoms with Crippen molar-refractivity contribution in [3.05, 3.63) is 11.6 Å². The van der Waals surface area contributed by atoms with Crippen LogP contribution < -0.4 is 0 Å². The van der Waals surface area contributed by atoms with E-state index >= 15 is 0 Å². The van der Waals surface area contributed by atoms with Crippen molar-refractivity contribution in [2.24, 2.45) is 45.8 Å². The molecule has 1 N–H and O–H groups in total. The minimum absolute atomic E-state index is 0.131. The van der Waals surface area contributed by atoms with Gasteiger partial charge in [0.1, 0.15) is 11.7 Å². The average Bonchev–Trinajstić information content (AvgIpc) is 3.19. The summed E-state index contributed by atoms with van der Waals surface area (Å²) in [5, 5.41) is 10.8. The fraction of sp³-hybridized carbons (Fsp3) is 0.826. The Bertz CT molecular complexity index is 682. The van der Waals surface area contributed by atoms with Gasteiger partial charge in [0.2, 0.25) is 0 Å². The van der Waals surface area contributed by atoms with Gasteiger partial charge in [-0.1, -0.05) is 45.8 Å². The molecule has 0 saturated heterocycles. The van der Waals surface area contributed by atoms with Crippen LogP contribution >= 0.6 is 0 Å². The van der Waals surface area contributed by atoms with Crippen molar-refractivity contribution in [1.29, 1.82) is 0 Å². The van der Waals surface area contributed by atoms with Gasteiger partial charge in [-0.3, -0.25) is 4.79 Å². The van der Waals surface area contributed by atoms with Crippen LogP contribution in [0.15, 0.2) is 11.6 Å². The third-order valence-electron chi connectivity index (χ3n) is 8.83. The highest BCUT2D eigenvalue weighted by Gasteiger charge is 2.84. The molecule has 4 bridgehead atoms. The molecule has 4 rings (SSSR count). The Balaban J connectivity index is 1.94. The standard InChI is InChI=1S/C23H34O4/c1-5-8-27-13-22-11-17-15(4)6-7-18(17)21(12-24)10-16(22)9-19(14(2)3)23(21,22)20(25)26/h9,12,14-18H,5-8,10-11,13H2,1-4H3,(H,25,26)/t15-,16+,17-,18-,21-,22+,23+/m1/s1. The number of carboxylic acid groups (broad SMARTS) is 1. The van der Waals surface area contributed by atoms with Crippen molar-refractivity contribution in [2.75, 3.05) is 13.2 Å². The van der Waals surface area contributed by atoms with E-state index in [1.807, 2.05) is 0 Å². The molecule has 0 amide bonds. The second-order valence-electron chi connectivity index (χ2n) is 10.0. The summed E-state index contributed by atoms with van der Waals surface area (Å²) >= 11 is 0. The normalized spacial score (nSPS) is 47.2. The number of hydrogen-bond donors (Lipinski definition) is 1. The first-order valence-corrected chi connectivity index (χ1v) is 10.8. The van der Waals surface area contributed by atoms with Crippen molar-refractivity contribution in [2.45, 2.75) is 59.8 Å². The average molecular weight is 375 g/mol. The molecular formula is C23H34O4. The van der Waals surface area contributed by atoms with E-state index in [9.17, 15) is 14.7 Å². The molecule has 27 heavy (non-hydrogen) atoms. The Kier molecular flexibility index (Phi) is 4.38. The van der Waals surface area contributed by atoms with Gasteiger partial charge in [0.25, 0.3) is 0 Å². The molecule has 0 spiro atoms. The van der Waals surface area contributed by atoms with Crippen LogP contribution in [-0.4, -0.2) is 30.6 Å². The van der Waals surface area contributed by atoms with Crippen molar-refractivity contribution in [1.82, 2.24) is 0 Å². The Morgan fingerprint density at radius 1 is 1.37 bits per heavy atom. The van der Waals surface area contributed by atoms with Crippen molar-refractivity contribution in [3.63, 3.8) is 0 Å². The molecule has 0 radical (unpaired) electrons. The van der Waals surface area contributed by atoms with E-state index in [4.69, 9.17) is 4.74 Å². The van der Waals surface area contributed by atoms with E-state index in [2.05, 4.69) is 33.8 Å². The van der Waals surface area contributed by atoms with Crippen LogP contribution in [0.4, 0.5) is 0 Å². The first kappa shape index (κ1) is 19.2. The van der Waals surface area contributed by atoms with E-state index in [1.54, 1.807) is 0 Å². The lowest BCUT2D eigenvalue weighted by Gasteiger charge is -2.58. The summed E-state index contributed by atoms with van der Waals surface area (Å²) in [5.74, 6) is 0.696. The monoisotopic (exact) mass is 374 g/mol. The number of allylic oxidation sites excluding steroid dienone is 1. The summed E-state index contributed by atoms with van der Waals surface area (Å²) in [6.45, 7) is 9.66. The second kappa shape index (κ2) is 6.17.